The van der Waals surface area contributed by atoms with E-state index in [1.165, 1.54) is 0 Å². The van der Waals surface area contributed by atoms with E-state index in [1.54, 1.807) is 0 Å². The van der Waals surface area contributed by atoms with Crippen molar-refractivity contribution in [1.82, 2.24) is 10.6 Å². The summed E-state index contributed by atoms with van der Waals surface area (Å²) in [5, 5.41) is 15.2. The van der Waals surface area contributed by atoms with Crippen LogP contribution in [0.3, 0.4) is 0 Å². The molecule has 3 saturated carbocycles. The Morgan fingerprint density at radius 2 is 1.79 bits per heavy atom. The highest BCUT2D eigenvalue weighted by Gasteiger charge is 2.52. The molecule has 2 amide bonds. The molecule has 0 aliphatic heterocycles. The van der Waals surface area contributed by atoms with E-state index in [2.05, 4.69) is 24.5 Å². The lowest BCUT2D eigenvalue weighted by Gasteiger charge is -2.29. The lowest BCUT2D eigenvalue weighted by Crippen LogP contribution is -2.51. The minimum absolute atomic E-state index is 0.182. The lowest BCUT2D eigenvalue weighted by atomic mass is 9.84. The van der Waals surface area contributed by atoms with E-state index in [0.29, 0.717) is 5.92 Å². The number of aliphatic carboxylic acids is 1. The van der Waals surface area contributed by atoms with Crippen molar-refractivity contribution in [2.45, 2.75) is 51.6 Å². The molecule has 0 heterocycles. The first-order valence-corrected chi connectivity index (χ1v) is 7.18. The summed E-state index contributed by atoms with van der Waals surface area (Å²) in [5.74, 6) is -0.546. The molecule has 0 aromatic heterocycles. The number of carbonyl (C=O) groups is 2. The number of hydrogen-bond acceptors (Lipinski definition) is 2. The van der Waals surface area contributed by atoms with Gasteiger partial charge in [0, 0.05) is 12.1 Å². The van der Waals surface area contributed by atoms with Crippen molar-refractivity contribution in [2.24, 2.45) is 23.2 Å². The number of carbonyl (C=O) groups excluding carboxylic acids is 1. The molecule has 3 rings (SSSR count). The third kappa shape index (κ3) is 2.19. The Morgan fingerprint density at radius 3 is 2.37 bits per heavy atom. The minimum atomic E-state index is -0.760. The largest absolute Gasteiger partial charge is 0.481 e. The van der Waals surface area contributed by atoms with Crippen molar-refractivity contribution in [3.8, 4) is 0 Å². The first kappa shape index (κ1) is 12.8. The standard InChI is InChI=1S/C14H22N2O3/c1-14(2)6-9(14)15-13(19)16-11-8-4-3-7(5-8)10(11)12(17)18/h7-11H,3-6H2,1-2H3,(H,17,18)(H2,15,16,19). The Kier molecular flexibility index (Phi) is 2.76. The summed E-state index contributed by atoms with van der Waals surface area (Å²) in [4.78, 5) is 23.3. The average Bonchev–Trinajstić information content (AvgIpc) is 2.69. The van der Waals surface area contributed by atoms with E-state index in [1.807, 2.05) is 0 Å². The fourth-order valence-corrected chi connectivity index (χ4v) is 3.92. The summed E-state index contributed by atoms with van der Waals surface area (Å²) < 4.78 is 0. The van der Waals surface area contributed by atoms with E-state index in [-0.39, 0.29) is 29.4 Å². The zero-order valence-corrected chi connectivity index (χ0v) is 11.5. The van der Waals surface area contributed by atoms with Crippen LogP contribution >= 0.6 is 0 Å². The maximum atomic E-state index is 12.0. The fourth-order valence-electron chi connectivity index (χ4n) is 3.92. The third-order valence-corrected chi connectivity index (χ3v) is 5.32. The molecule has 106 valence electrons. The summed E-state index contributed by atoms with van der Waals surface area (Å²) in [6.45, 7) is 4.24. The quantitative estimate of drug-likeness (QED) is 0.725. The van der Waals surface area contributed by atoms with Gasteiger partial charge in [0.25, 0.3) is 0 Å². The van der Waals surface area contributed by atoms with Gasteiger partial charge in [-0.25, -0.2) is 4.79 Å². The van der Waals surface area contributed by atoms with Crippen LogP contribution in [0.1, 0.15) is 39.5 Å². The number of rotatable bonds is 3. The number of carboxylic acids is 1. The fraction of sp³-hybridized carbons (Fsp3) is 0.857. The summed E-state index contributed by atoms with van der Waals surface area (Å²) in [6, 6.07) is -0.146. The molecule has 3 aliphatic carbocycles. The zero-order chi connectivity index (χ0) is 13.8. The van der Waals surface area contributed by atoms with Gasteiger partial charge in [-0.3, -0.25) is 4.79 Å². The maximum absolute atomic E-state index is 12.0. The second-order valence-electron chi connectivity index (χ2n) is 7.09. The Labute approximate surface area is 113 Å². The van der Waals surface area contributed by atoms with Crippen LogP contribution in [0.2, 0.25) is 0 Å². The van der Waals surface area contributed by atoms with Crippen LogP contribution in [-0.2, 0) is 4.79 Å². The number of amides is 2. The van der Waals surface area contributed by atoms with Gasteiger partial charge in [-0.15, -0.1) is 0 Å². The van der Waals surface area contributed by atoms with Crippen LogP contribution in [0, 0.1) is 23.2 Å². The second kappa shape index (κ2) is 4.12. The van der Waals surface area contributed by atoms with E-state index in [9.17, 15) is 14.7 Å². The molecule has 3 aliphatic rings. The molecule has 3 N–H and O–H groups in total. The van der Waals surface area contributed by atoms with Crippen LogP contribution in [0.4, 0.5) is 4.79 Å². The number of urea groups is 1. The number of carboxylic acid groups (broad SMARTS) is 1. The third-order valence-electron chi connectivity index (χ3n) is 5.32. The SMILES string of the molecule is CC1(C)CC1NC(=O)NC1C2CCC(C2)C1C(=O)O. The van der Waals surface area contributed by atoms with Gasteiger partial charge in [0.05, 0.1) is 5.92 Å². The minimum Gasteiger partial charge on any atom is -0.481 e. The maximum Gasteiger partial charge on any atom is 0.315 e. The molecule has 5 heteroatoms. The van der Waals surface area contributed by atoms with Gasteiger partial charge in [-0.05, 0) is 42.9 Å². The van der Waals surface area contributed by atoms with Crippen molar-refractivity contribution < 1.29 is 14.7 Å². The smallest absolute Gasteiger partial charge is 0.315 e. The molecule has 0 radical (unpaired) electrons. The number of hydrogen-bond donors (Lipinski definition) is 3. The molecule has 3 fully saturated rings. The molecule has 0 spiro atoms. The van der Waals surface area contributed by atoms with E-state index < -0.39 is 11.9 Å². The second-order valence-corrected chi connectivity index (χ2v) is 7.09. The molecule has 0 aromatic rings. The molecular formula is C14H22N2O3. The Balaban J connectivity index is 1.59. The number of fused-ring (bicyclic) bond motifs is 2. The summed E-state index contributed by atoms with van der Waals surface area (Å²) in [7, 11) is 0. The lowest BCUT2D eigenvalue weighted by molar-refractivity contribution is -0.144. The highest BCUT2D eigenvalue weighted by Crippen LogP contribution is 2.49. The van der Waals surface area contributed by atoms with Crippen LogP contribution < -0.4 is 10.6 Å². The monoisotopic (exact) mass is 266 g/mol. The topological polar surface area (TPSA) is 78.4 Å². The normalized spacial score (nSPS) is 41.9. The Hall–Kier alpha value is -1.26. The predicted octanol–water partition coefficient (Wildman–Crippen LogP) is 1.58. The van der Waals surface area contributed by atoms with Gasteiger partial charge >= 0.3 is 12.0 Å². The first-order chi connectivity index (χ1) is 8.88. The zero-order valence-electron chi connectivity index (χ0n) is 11.5. The molecular weight excluding hydrogens is 244 g/mol. The summed E-state index contributed by atoms with van der Waals surface area (Å²) in [6.07, 6.45) is 4.00. The van der Waals surface area contributed by atoms with Gasteiger partial charge in [-0.1, -0.05) is 13.8 Å². The van der Waals surface area contributed by atoms with Gasteiger partial charge in [0.1, 0.15) is 0 Å². The van der Waals surface area contributed by atoms with Gasteiger partial charge in [-0.2, -0.15) is 0 Å². The van der Waals surface area contributed by atoms with Crippen LogP contribution in [-0.4, -0.2) is 29.2 Å². The van der Waals surface area contributed by atoms with Crippen molar-refractivity contribution >= 4 is 12.0 Å². The average molecular weight is 266 g/mol. The highest BCUT2D eigenvalue weighted by molar-refractivity contribution is 5.78. The Bertz CT molecular complexity index is 421. The van der Waals surface area contributed by atoms with Crippen molar-refractivity contribution in [1.29, 1.82) is 0 Å². The van der Waals surface area contributed by atoms with E-state index in [0.717, 1.165) is 25.7 Å². The molecule has 0 aromatic carbocycles. The molecule has 0 saturated heterocycles. The first-order valence-electron chi connectivity index (χ1n) is 7.18. The van der Waals surface area contributed by atoms with Crippen LogP contribution in [0.15, 0.2) is 0 Å². The van der Waals surface area contributed by atoms with Crippen molar-refractivity contribution in [3.05, 3.63) is 0 Å². The van der Waals surface area contributed by atoms with Crippen LogP contribution in [0.25, 0.3) is 0 Å². The summed E-state index contributed by atoms with van der Waals surface area (Å²) in [5.41, 5.74) is 0.193. The van der Waals surface area contributed by atoms with E-state index >= 15 is 0 Å². The van der Waals surface area contributed by atoms with Crippen molar-refractivity contribution in [2.75, 3.05) is 0 Å². The molecule has 19 heavy (non-hydrogen) atoms. The van der Waals surface area contributed by atoms with Crippen LogP contribution in [0.5, 0.6) is 0 Å². The highest BCUT2D eigenvalue weighted by atomic mass is 16.4. The van der Waals surface area contributed by atoms with Crippen molar-refractivity contribution in [3.63, 3.8) is 0 Å². The summed E-state index contributed by atoms with van der Waals surface area (Å²) >= 11 is 0. The molecule has 2 bridgehead atoms. The molecule has 5 unspecified atom stereocenters. The molecule has 5 nitrogen and oxygen atoms in total. The Morgan fingerprint density at radius 1 is 1.16 bits per heavy atom. The van der Waals surface area contributed by atoms with Gasteiger partial charge in [0.15, 0.2) is 0 Å². The number of nitrogens with one attached hydrogen (secondary N) is 2. The van der Waals surface area contributed by atoms with Gasteiger partial charge < -0.3 is 15.7 Å². The molecule has 5 atom stereocenters. The predicted molar refractivity (Wildman–Crippen MR) is 69.6 cm³/mol. The van der Waals surface area contributed by atoms with Gasteiger partial charge in [0.2, 0.25) is 0 Å². The van der Waals surface area contributed by atoms with E-state index in [4.69, 9.17) is 0 Å².